The average Bonchev–Trinajstić information content (AvgIpc) is 2.45. The van der Waals surface area contributed by atoms with Crippen LogP contribution in [0.1, 0.15) is 26.7 Å². The van der Waals surface area contributed by atoms with Crippen LogP contribution in [0.4, 0.5) is 5.69 Å². The molecule has 1 aromatic carbocycles. The number of nitrogens with one attached hydrogen (secondary N) is 1. The first kappa shape index (κ1) is 16.9. The minimum atomic E-state index is -0.0811. The standard InChI is InChI=1S/C15H24N2O2S/c1-3-19-14-9-5-4-8-13(14)17-15(18)12(2)20-11-7-6-10-16/h4-5,8-9,12H,3,6-7,10-11,16H2,1-2H3,(H,17,18). The van der Waals surface area contributed by atoms with Crippen molar-refractivity contribution in [3.05, 3.63) is 24.3 Å². The predicted molar refractivity (Wildman–Crippen MR) is 86.4 cm³/mol. The molecule has 1 amide bonds. The minimum Gasteiger partial charge on any atom is -0.492 e. The number of unbranched alkanes of at least 4 members (excludes halogenated alkanes) is 1. The Morgan fingerprint density at radius 1 is 1.40 bits per heavy atom. The normalized spacial score (nSPS) is 11.9. The molecule has 0 radical (unpaired) electrons. The first-order valence-corrected chi connectivity index (χ1v) is 8.08. The molecule has 0 fully saturated rings. The molecule has 0 aliphatic heterocycles. The molecule has 0 heterocycles. The zero-order chi connectivity index (χ0) is 14.8. The number of amides is 1. The van der Waals surface area contributed by atoms with Gasteiger partial charge in [0, 0.05) is 0 Å². The maximum Gasteiger partial charge on any atom is 0.237 e. The first-order valence-electron chi connectivity index (χ1n) is 7.03. The van der Waals surface area contributed by atoms with Crippen molar-refractivity contribution in [2.75, 3.05) is 24.2 Å². The number of para-hydroxylation sites is 2. The molecule has 0 aliphatic rings. The molecule has 0 aliphatic carbocycles. The number of hydrogen-bond acceptors (Lipinski definition) is 4. The molecule has 3 N–H and O–H groups in total. The fourth-order valence-corrected chi connectivity index (χ4v) is 2.60. The largest absolute Gasteiger partial charge is 0.492 e. The van der Waals surface area contributed by atoms with Gasteiger partial charge in [0.2, 0.25) is 5.91 Å². The molecule has 0 bridgehead atoms. The lowest BCUT2D eigenvalue weighted by molar-refractivity contribution is -0.115. The Morgan fingerprint density at radius 3 is 2.85 bits per heavy atom. The summed E-state index contributed by atoms with van der Waals surface area (Å²) in [4.78, 5) is 12.1. The summed E-state index contributed by atoms with van der Waals surface area (Å²) in [6.45, 7) is 5.14. The number of ether oxygens (including phenoxy) is 1. The number of carbonyl (C=O) groups is 1. The Labute approximate surface area is 125 Å². The molecule has 1 atom stereocenters. The summed E-state index contributed by atoms with van der Waals surface area (Å²) < 4.78 is 5.50. The maximum atomic E-state index is 12.1. The molecule has 4 nitrogen and oxygen atoms in total. The molecule has 112 valence electrons. The van der Waals surface area contributed by atoms with Crippen LogP contribution in [0.25, 0.3) is 0 Å². The summed E-state index contributed by atoms with van der Waals surface area (Å²) in [6.07, 6.45) is 2.06. The van der Waals surface area contributed by atoms with Crippen LogP contribution in [0.2, 0.25) is 0 Å². The Kier molecular flexibility index (Phi) is 8.14. The highest BCUT2D eigenvalue weighted by Gasteiger charge is 2.14. The summed E-state index contributed by atoms with van der Waals surface area (Å²) in [7, 11) is 0. The van der Waals surface area contributed by atoms with Crippen molar-refractivity contribution in [2.24, 2.45) is 5.73 Å². The Morgan fingerprint density at radius 2 is 2.15 bits per heavy atom. The van der Waals surface area contributed by atoms with E-state index in [1.807, 2.05) is 38.1 Å². The molecule has 1 aromatic rings. The van der Waals surface area contributed by atoms with Crippen molar-refractivity contribution >= 4 is 23.4 Å². The fourth-order valence-electron chi connectivity index (χ4n) is 1.67. The van der Waals surface area contributed by atoms with E-state index in [9.17, 15) is 4.79 Å². The highest BCUT2D eigenvalue weighted by molar-refractivity contribution is 8.00. The van der Waals surface area contributed by atoms with E-state index in [1.165, 1.54) is 0 Å². The van der Waals surface area contributed by atoms with Gasteiger partial charge in [-0.05, 0) is 51.1 Å². The SMILES string of the molecule is CCOc1ccccc1NC(=O)C(C)SCCCCN. The highest BCUT2D eigenvalue weighted by atomic mass is 32.2. The number of carbonyl (C=O) groups excluding carboxylic acids is 1. The van der Waals surface area contributed by atoms with E-state index < -0.39 is 0 Å². The molecule has 0 aromatic heterocycles. The van der Waals surface area contributed by atoms with Crippen LogP contribution in [0, 0.1) is 0 Å². The molecule has 20 heavy (non-hydrogen) atoms. The zero-order valence-electron chi connectivity index (χ0n) is 12.2. The topological polar surface area (TPSA) is 64.3 Å². The van der Waals surface area contributed by atoms with Crippen molar-refractivity contribution in [3.63, 3.8) is 0 Å². The van der Waals surface area contributed by atoms with E-state index in [-0.39, 0.29) is 11.2 Å². The lowest BCUT2D eigenvalue weighted by Gasteiger charge is -2.14. The predicted octanol–water partition coefficient (Wildman–Crippen LogP) is 2.88. The lowest BCUT2D eigenvalue weighted by atomic mass is 10.3. The third-order valence-corrected chi connectivity index (χ3v) is 4.02. The number of thioether (sulfide) groups is 1. The molecule has 5 heteroatoms. The van der Waals surface area contributed by atoms with Crippen LogP contribution in [-0.4, -0.2) is 30.1 Å². The lowest BCUT2D eigenvalue weighted by Crippen LogP contribution is -2.23. The van der Waals surface area contributed by atoms with Gasteiger partial charge in [-0.25, -0.2) is 0 Å². The van der Waals surface area contributed by atoms with Gasteiger partial charge in [-0.15, -0.1) is 11.8 Å². The van der Waals surface area contributed by atoms with E-state index in [0.29, 0.717) is 18.9 Å². The van der Waals surface area contributed by atoms with Crippen LogP contribution in [0.3, 0.4) is 0 Å². The molecule has 1 rings (SSSR count). The number of hydrogen-bond donors (Lipinski definition) is 2. The van der Waals surface area contributed by atoms with Crippen molar-refractivity contribution < 1.29 is 9.53 Å². The molecule has 0 saturated carbocycles. The summed E-state index contributed by atoms with van der Waals surface area (Å²) >= 11 is 1.65. The van der Waals surface area contributed by atoms with E-state index in [0.717, 1.165) is 24.3 Å². The van der Waals surface area contributed by atoms with Crippen molar-refractivity contribution in [3.8, 4) is 5.75 Å². The molecule has 0 saturated heterocycles. The summed E-state index contributed by atoms with van der Waals surface area (Å²) in [5.41, 5.74) is 6.18. The van der Waals surface area contributed by atoms with Gasteiger partial charge in [0.05, 0.1) is 17.5 Å². The second-order valence-electron chi connectivity index (χ2n) is 4.43. The molecular formula is C15H24N2O2S. The Hall–Kier alpha value is -1.20. The maximum absolute atomic E-state index is 12.1. The van der Waals surface area contributed by atoms with Crippen LogP contribution < -0.4 is 15.8 Å². The van der Waals surface area contributed by atoms with Gasteiger partial charge in [-0.3, -0.25) is 4.79 Å². The van der Waals surface area contributed by atoms with Crippen molar-refractivity contribution in [1.29, 1.82) is 0 Å². The van der Waals surface area contributed by atoms with Gasteiger partial charge in [0.1, 0.15) is 5.75 Å². The van der Waals surface area contributed by atoms with Crippen LogP contribution in [-0.2, 0) is 4.79 Å². The third-order valence-electron chi connectivity index (χ3n) is 2.78. The quantitative estimate of drug-likeness (QED) is 0.688. The number of benzene rings is 1. The molecule has 1 unspecified atom stereocenters. The van der Waals surface area contributed by atoms with E-state index in [1.54, 1.807) is 11.8 Å². The fraction of sp³-hybridized carbons (Fsp3) is 0.533. The summed E-state index contributed by atoms with van der Waals surface area (Å²) in [5, 5.41) is 2.85. The van der Waals surface area contributed by atoms with Gasteiger partial charge >= 0.3 is 0 Å². The van der Waals surface area contributed by atoms with Gasteiger partial charge in [0.25, 0.3) is 0 Å². The third kappa shape index (κ3) is 5.84. The number of anilines is 1. The van der Waals surface area contributed by atoms with Gasteiger partial charge in [-0.1, -0.05) is 12.1 Å². The number of nitrogens with two attached hydrogens (primary N) is 1. The van der Waals surface area contributed by atoms with E-state index in [4.69, 9.17) is 10.5 Å². The Balaban J connectivity index is 2.48. The monoisotopic (exact) mass is 296 g/mol. The second-order valence-corrected chi connectivity index (χ2v) is 5.88. The Bertz CT molecular complexity index is 413. The highest BCUT2D eigenvalue weighted by Crippen LogP contribution is 2.25. The van der Waals surface area contributed by atoms with Crippen LogP contribution in [0.15, 0.2) is 24.3 Å². The minimum absolute atomic E-state index is 0.00917. The van der Waals surface area contributed by atoms with Crippen LogP contribution in [0.5, 0.6) is 5.75 Å². The van der Waals surface area contributed by atoms with Gasteiger partial charge < -0.3 is 15.8 Å². The summed E-state index contributed by atoms with van der Waals surface area (Å²) in [5.74, 6) is 1.68. The second kappa shape index (κ2) is 9.66. The zero-order valence-corrected chi connectivity index (χ0v) is 13.0. The molecular weight excluding hydrogens is 272 g/mol. The summed E-state index contributed by atoms with van der Waals surface area (Å²) in [6, 6.07) is 7.50. The number of rotatable bonds is 9. The molecule has 0 spiro atoms. The van der Waals surface area contributed by atoms with E-state index in [2.05, 4.69) is 5.32 Å². The van der Waals surface area contributed by atoms with Crippen molar-refractivity contribution in [1.82, 2.24) is 0 Å². The van der Waals surface area contributed by atoms with Gasteiger partial charge in [0.15, 0.2) is 0 Å². The first-order chi connectivity index (χ1) is 9.69. The van der Waals surface area contributed by atoms with Crippen molar-refractivity contribution in [2.45, 2.75) is 31.9 Å². The van der Waals surface area contributed by atoms with Gasteiger partial charge in [-0.2, -0.15) is 0 Å². The smallest absolute Gasteiger partial charge is 0.237 e. The van der Waals surface area contributed by atoms with E-state index >= 15 is 0 Å². The average molecular weight is 296 g/mol. The van der Waals surface area contributed by atoms with Crippen LogP contribution >= 0.6 is 11.8 Å².